The smallest absolute Gasteiger partial charge is 0.223 e. The first-order valence-corrected chi connectivity index (χ1v) is 9.35. The van der Waals surface area contributed by atoms with Crippen LogP contribution in [-0.4, -0.2) is 45.4 Å². The Morgan fingerprint density at radius 3 is 2.96 bits per heavy atom. The van der Waals surface area contributed by atoms with Gasteiger partial charge in [-0.15, -0.1) is 0 Å². The molecule has 1 N–H and O–H groups in total. The van der Waals surface area contributed by atoms with E-state index in [2.05, 4.69) is 24.1 Å². The third kappa shape index (κ3) is 3.82. The fourth-order valence-electron chi connectivity index (χ4n) is 3.46. The van der Waals surface area contributed by atoms with Crippen molar-refractivity contribution in [2.75, 3.05) is 13.1 Å². The van der Waals surface area contributed by atoms with Crippen molar-refractivity contribution in [3.8, 4) is 17.1 Å². The van der Waals surface area contributed by atoms with Crippen molar-refractivity contribution in [2.45, 2.75) is 38.6 Å². The van der Waals surface area contributed by atoms with Crippen molar-refractivity contribution < 1.29 is 9.47 Å². The molecule has 2 atom stereocenters. The average molecular weight is 366 g/mol. The van der Waals surface area contributed by atoms with Gasteiger partial charge < -0.3 is 19.4 Å². The van der Waals surface area contributed by atoms with Crippen molar-refractivity contribution >= 4 is 10.9 Å². The molecular formula is C21H26N4O2. The van der Waals surface area contributed by atoms with Crippen LogP contribution in [0.5, 0.6) is 5.88 Å². The second kappa shape index (κ2) is 6.94. The first-order chi connectivity index (χ1) is 12.9. The Bertz CT molecular complexity index is 950. The van der Waals surface area contributed by atoms with Crippen LogP contribution in [0.1, 0.15) is 20.8 Å². The zero-order valence-corrected chi connectivity index (χ0v) is 16.3. The number of hydrogen-bond acceptors (Lipinski definition) is 5. The van der Waals surface area contributed by atoms with Gasteiger partial charge in [-0.05, 0) is 45.0 Å². The van der Waals surface area contributed by atoms with E-state index in [0.29, 0.717) is 5.88 Å². The molecule has 0 saturated carbocycles. The molecule has 1 fully saturated rings. The van der Waals surface area contributed by atoms with Gasteiger partial charge >= 0.3 is 0 Å². The summed E-state index contributed by atoms with van der Waals surface area (Å²) in [4.78, 5) is 9.31. The third-order valence-corrected chi connectivity index (χ3v) is 4.88. The van der Waals surface area contributed by atoms with E-state index in [1.165, 1.54) is 0 Å². The van der Waals surface area contributed by atoms with Crippen LogP contribution in [0.25, 0.3) is 22.2 Å². The molecule has 1 aliphatic heterocycles. The van der Waals surface area contributed by atoms with Crippen LogP contribution in [0.15, 0.2) is 42.9 Å². The molecule has 3 aromatic rings. The highest BCUT2D eigenvalue weighted by molar-refractivity contribution is 5.86. The van der Waals surface area contributed by atoms with Crippen molar-refractivity contribution in [1.29, 1.82) is 0 Å². The quantitative estimate of drug-likeness (QED) is 0.768. The number of nitrogens with zero attached hydrogens (tertiary/aromatic N) is 3. The Kier molecular flexibility index (Phi) is 4.61. The van der Waals surface area contributed by atoms with Crippen LogP contribution in [0, 0.1) is 0 Å². The Balaban J connectivity index is 1.67. The average Bonchev–Trinajstić information content (AvgIpc) is 3.07. The number of fused-ring (bicyclic) bond motifs is 1. The Morgan fingerprint density at radius 2 is 2.22 bits per heavy atom. The topological polar surface area (TPSA) is 61.2 Å². The van der Waals surface area contributed by atoms with E-state index >= 15 is 0 Å². The first-order valence-electron chi connectivity index (χ1n) is 9.35. The summed E-state index contributed by atoms with van der Waals surface area (Å²) >= 11 is 0. The first kappa shape index (κ1) is 17.9. The molecule has 6 nitrogen and oxygen atoms in total. The number of hydrogen-bond donors (Lipinski definition) is 1. The summed E-state index contributed by atoms with van der Waals surface area (Å²) in [6, 6.07) is 7.95. The lowest BCUT2D eigenvalue weighted by Gasteiger charge is -2.39. The molecule has 0 amide bonds. The van der Waals surface area contributed by atoms with Gasteiger partial charge in [0, 0.05) is 44.3 Å². The van der Waals surface area contributed by atoms with Crippen LogP contribution in [-0.2, 0) is 11.8 Å². The third-order valence-electron chi connectivity index (χ3n) is 4.88. The number of morpholine rings is 1. The second-order valence-corrected chi connectivity index (χ2v) is 7.82. The molecule has 27 heavy (non-hydrogen) atoms. The van der Waals surface area contributed by atoms with Crippen molar-refractivity contribution in [1.82, 2.24) is 19.9 Å². The fourth-order valence-corrected chi connectivity index (χ4v) is 3.46. The second-order valence-electron chi connectivity index (χ2n) is 7.82. The predicted octanol–water partition coefficient (Wildman–Crippen LogP) is 3.17. The van der Waals surface area contributed by atoms with Gasteiger partial charge in [0.1, 0.15) is 12.2 Å². The number of ether oxygens (including phenoxy) is 2. The minimum Gasteiger partial charge on any atom is -0.471 e. The summed E-state index contributed by atoms with van der Waals surface area (Å²) in [6.07, 6.45) is 5.66. The molecule has 1 saturated heterocycles. The highest BCUT2D eigenvalue weighted by atomic mass is 16.6. The maximum atomic E-state index is 6.31. The lowest BCUT2D eigenvalue weighted by molar-refractivity contribution is -0.127. The monoisotopic (exact) mass is 366 g/mol. The normalized spacial score (nSPS) is 20.5. The summed E-state index contributed by atoms with van der Waals surface area (Å²) in [5.41, 5.74) is 2.56. The number of nitrogens with one attached hydrogen (secondary N) is 1. The molecule has 0 aromatic carbocycles. The van der Waals surface area contributed by atoms with E-state index in [0.717, 1.165) is 35.2 Å². The molecule has 0 aliphatic carbocycles. The van der Waals surface area contributed by atoms with Crippen molar-refractivity contribution in [3.63, 3.8) is 0 Å². The maximum Gasteiger partial charge on any atom is 0.223 e. The van der Waals surface area contributed by atoms with E-state index in [9.17, 15) is 0 Å². The summed E-state index contributed by atoms with van der Waals surface area (Å²) < 4.78 is 14.5. The van der Waals surface area contributed by atoms with Gasteiger partial charge in [0.05, 0.1) is 22.2 Å². The molecule has 0 radical (unpaired) electrons. The minimum absolute atomic E-state index is 0.0392. The number of pyridine rings is 2. The van der Waals surface area contributed by atoms with Crippen LogP contribution >= 0.6 is 0 Å². The summed E-state index contributed by atoms with van der Waals surface area (Å²) in [6.45, 7) is 7.82. The summed E-state index contributed by atoms with van der Waals surface area (Å²) in [5.74, 6) is 0.596. The SMILES string of the molecule is C[C@@H](Oc1nc(-c2ccn(C)c2)cc2ncccc12)[C@@H]1CNCC(C)(C)O1. The fraction of sp³-hybridized carbons (Fsp3) is 0.429. The molecule has 6 heteroatoms. The summed E-state index contributed by atoms with van der Waals surface area (Å²) in [7, 11) is 2.00. The molecule has 0 spiro atoms. The Hall–Kier alpha value is -2.44. The van der Waals surface area contributed by atoms with E-state index in [1.807, 2.05) is 55.2 Å². The van der Waals surface area contributed by atoms with Gasteiger partial charge in [0.2, 0.25) is 5.88 Å². The minimum atomic E-state index is -0.205. The molecule has 4 heterocycles. The maximum absolute atomic E-state index is 6.31. The van der Waals surface area contributed by atoms with Gasteiger partial charge in [-0.25, -0.2) is 4.98 Å². The van der Waals surface area contributed by atoms with Crippen molar-refractivity contribution in [3.05, 3.63) is 42.9 Å². The standard InChI is InChI=1S/C21H26N4O2/c1-14(19-11-22-13-21(2,3)27-19)26-20-16-6-5-8-23-18(16)10-17(24-20)15-7-9-25(4)12-15/h5-10,12,14,19,22H,11,13H2,1-4H3/t14-,19+/m1/s1. The Morgan fingerprint density at radius 1 is 1.37 bits per heavy atom. The highest BCUT2D eigenvalue weighted by Crippen LogP contribution is 2.30. The summed E-state index contributed by atoms with van der Waals surface area (Å²) in [5, 5.41) is 4.34. The lowest BCUT2D eigenvalue weighted by atomic mass is 10.1. The van der Waals surface area contributed by atoms with Crippen LogP contribution in [0.2, 0.25) is 0 Å². The van der Waals surface area contributed by atoms with Crippen LogP contribution in [0.4, 0.5) is 0 Å². The molecule has 0 bridgehead atoms. The van der Waals surface area contributed by atoms with E-state index in [1.54, 1.807) is 6.20 Å². The Labute approximate surface area is 159 Å². The van der Waals surface area contributed by atoms with Gasteiger partial charge in [0.15, 0.2) is 0 Å². The van der Waals surface area contributed by atoms with Gasteiger partial charge in [-0.3, -0.25) is 4.98 Å². The lowest BCUT2D eigenvalue weighted by Crippen LogP contribution is -2.54. The number of aromatic nitrogens is 3. The molecule has 1 aliphatic rings. The van der Waals surface area contributed by atoms with Gasteiger partial charge in [-0.2, -0.15) is 0 Å². The largest absolute Gasteiger partial charge is 0.471 e. The number of aryl methyl sites for hydroxylation is 1. The molecule has 4 rings (SSSR count). The molecular weight excluding hydrogens is 340 g/mol. The molecule has 142 valence electrons. The zero-order valence-electron chi connectivity index (χ0n) is 16.3. The van der Waals surface area contributed by atoms with E-state index in [4.69, 9.17) is 14.5 Å². The molecule has 0 unspecified atom stereocenters. The zero-order chi connectivity index (χ0) is 19.0. The highest BCUT2D eigenvalue weighted by Gasteiger charge is 2.32. The van der Waals surface area contributed by atoms with Crippen LogP contribution in [0.3, 0.4) is 0 Å². The predicted molar refractivity (Wildman–Crippen MR) is 106 cm³/mol. The van der Waals surface area contributed by atoms with Crippen molar-refractivity contribution in [2.24, 2.45) is 7.05 Å². The van der Waals surface area contributed by atoms with Gasteiger partial charge in [0.25, 0.3) is 0 Å². The van der Waals surface area contributed by atoms with E-state index < -0.39 is 0 Å². The molecule has 3 aromatic heterocycles. The van der Waals surface area contributed by atoms with Crippen LogP contribution < -0.4 is 10.1 Å². The van der Waals surface area contributed by atoms with E-state index in [-0.39, 0.29) is 17.8 Å². The number of rotatable bonds is 4. The van der Waals surface area contributed by atoms with Gasteiger partial charge in [-0.1, -0.05) is 0 Å².